The third-order valence-corrected chi connectivity index (χ3v) is 10.1. The summed E-state index contributed by atoms with van der Waals surface area (Å²) in [5.41, 5.74) is 13.7. The molecule has 9 aromatic rings. The van der Waals surface area contributed by atoms with E-state index in [9.17, 15) is 0 Å². The van der Waals surface area contributed by atoms with E-state index in [1.54, 1.807) is 0 Å². The van der Waals surface area contributed by atoms with Crippen molar-refractivity contribution in [3.8, 4) is 50.2 Å². The summed E-state index contributed by atoms with van der Waals surface area (Å²) < 4.78 is 2.32. The number of fused-ring (bicyclic) bond motifs is 6. The normalized spacial score (nSPS) is 12.0. The number of nitrogens with zero attached hydrogens (tertiary/aromatic N) is 2. The van der Waals surface area contributed by atoms with Gasteiger partial charge in [-0.05, 0) is 101 Å². The second kappa shape index (κ2) is 10.0. The van der Waals surface area contributed by atoms with Crippen molar-refractivity contribution in [3.63, 3.8) is 0 Å². The van der Waals surface area contributed by atoms with E-state index >= 15 is 0 Å². The molecule has 0 atom stereocenters. The van der Waals surface area contributed by atoms with Crippen LogP contribution in [0.2, 0.25) is 0 Å². The maximum atomic E-state index is 4.97. The number of rotatable bonds is 4. The molecule has 220 valence electrons. The third kappa shape index (κ3) is 3.70. The van der Waals surface area contributed by atoms with Gasteiger partial charge >= 0.3 is 0 Å². The molecule has 0 fully saturated rings. The van der Waals surface area contributed by atoms with Crippen LogP contribution in [0.4, 0.5) is 0 Å². The van der Waals surface area contributed by atoms with Crippen molar-refractivity contribution >= 4 is 43.4 Å². The predicted molar refractivity (Wildman–Crippen MR) is 198 cm³/mol. The number of hydrogen-bond acceptors (Lipinski definition) is 1. The minimum absolute atomic E-state index is 0.860. The molecule has 1 aliphatic carbocycles. The van der Waals surface area contributed by atoms with Crippen LogP contribution in [0.5, 0.6) is 0 Å². The van der Waals surface area contributed by atoms with E-state index in [0.29, 0.717) is 0 Å². The van der Waals surface area contributed by atoms with Crippen LogP contribution in [0, 0.1) is 0 Å². The summed E-state index contributed by atoms with van der Waals surface area (Å²) in [5.74, 6) is 1.07. The number of para-hydroxylation sites is 2. The summed E-state index contributed by atoms with van der Waals surface area (Å²) in [6.45, 7) is 2.18. The monoisotopic (exact) mass is 598 g/mol. The second-order valence-corrected chi connectivity index (χ2v) is 12.5. The van der Waals surface area contributed by atoms with Gasteiger partial charge in [-0.15, -0.1) is 0 Å². The molecular formula is C45H30N2. The Morgan fingerprint density at radius 3 is 1.74 bits per heavy atom. The molecule has 1 heterocycles. The number of benzene rings is 8. The molecule has 0 amide bonds. The zero-order valence-electron chi connectivity index (χ0n) is 26.0. The molecule has 1 aliphatic rings. The Morgan fingerprint density at radius 2 is 1.02 bits per heavy atom. The average molecular weight is 599 g/mol. The van der Waals surface area contributed by atoms with Gasteiger partial charge in [-0.2, -0.15) is 0 Å². The minimum atomic E-state index is 0.860. The van der Waals surface area contributed by atoms with Gasteiger partial charge in [0.15, 0.2) is 0 Å². The first kappa shape index (κ1) is 26.2. The van der Waals surface area contributed by atoms with Gasteiger partial charge in [0.25, 0.3) is 0 Å². The fourth-order valence-electron chi connectivity index (χ4n) is 8.16. The topological polar surface area (TPSA) is 17.8 Å². The van der Waals surface area contributed by atoms with Crippen LogP contribution in [-0.2, 0) is 6.42 Å². The number of hydrogen-bond donors (Lipinski definition) is 0. The van der Waals surface area contributed by atoms with Gasteiger partial charge in [-0.1, -0.05) is 134 Å². The van der Waals surface area contributed by atoms with Crippen molar-refractivity contribution in [2.24, 2.45) is 0 Å². The first-order chi connectivity index (χ1) is 23.3. The highest BCUT2D eigenvalue weighted by molar-refractivity contribution is 6.26. The predicted octanol–water partition coefficient (Wildman–Crippen LogP) is 12.0. The molecule has 0 radical (unpaired) electrons. The molecular weight excluding hydrogens is 569 g/mol. The zero-order chi connectivity index (χ0) is 31.1. The fourth-order valence-corrected chi connectivity index (χ4v) is 8.16. The SMILES string of the molecule is CCc1nc2ccccc2n1-c1cccc(-c2c3ccccc3c(-c3ccc4c5c(cccc35)-c3ccccc3-4)c3ccccc23)c1. The van der Waals surface area contributed by atoms with Gasteiger partial charge in [0.2, 0.25) is 0 Å². The van der Waals surface area contributed by atoms with Gasteiger partial charge in [0.05, 0.1) is 11.0 Å². The Hall–Kier alpha value is -5.99. The summed E-state index contributed by atoms with van der Waals surface area (Å²) in [6, 6.07) is 55.7. The van der Waals surface area contributed by atoms with Gasteiger partial charge in [0.1, 0.15) is 5.82 Å². The second-order valence-electron chi connectivity index (χ2n) is 12.5. The Kier molecular flexibility index (Phi) is 5.59. The first-order valence-electron chi connectivity index (χ1n) is 16.5. The van der Waals surface area contributed by atoms with Crippen molar-refractivity contribution in [2.45, 2.75) is 13.3 Å². The smallest absolute Gasteiger partial charge is 0.114 e. The van der Waals surface area contributed by atoms with E-state index in [0.717, 1.165) is 29.0 Å². The summed E-state index contributed by atoms with van der Waals surface area (Å²) in [7, 11) is 0. The summed E-state index contributed by atoms with van der Waals surface area (Å²) in [4.78, 5) is 4.97. The van der Waals surface area contributed by atoms with Crippen molar-refractivity contribution in [3.05, 3.63) is 157 Å². The molecule has 47 heavy (non-hydrogen) atoms. The molecule has 0 bridgehead atoms. The van der Waals surface area contributed by atoms with Crippen LogP contribution in [0.3, 0.4) is 0 Å². The van der Waals surface area contributed by atoms with E-state index in [1.807, 2.05) is 0 Å². The molecule has 0 unspecified atom stereocenters. The molecule has 10 rings (SSSR count). The number of aromatic nitrogens is 2. The Balaban J connectivity index is 1.26. The average Bonchev–Trinajstić information content (AvgIpc) is 3.68. The standard InChI is InChI=1S/C45H30N2/c1-2-42-46-40-23-9-10-24-41(40)47(42)29-14-11-13-28(27-29)43-33-17-5-7-19-35(33)45(36-20-8-6-18-34(36)43)39-26-25-38-31-16-4-3-15-30(31)32-21-12-22-37(39)44(32)38/h3-27H,2H2,1H3. The van der Waals surface area contributed by atoms with E-state index < -0.39 is 0 Å². The van der Waals surface area contributed by atoms with Gasteiger partial charge in [0, 0.05) is 12.1 Å². The maximum absolute atomic E-state index is 4.97. The largest absolute Gasteiger partial charge is 0.296 e. The first-order valence-corrected chi connectivity index (χ1v) is 16.5. The van der Waals surface area contributed by atoms with Crippen LogP contribution in [0.1, 0.15) is 12.7 Å². The van der Waals surface area contributed by atoms with Crippen molar-refractivity contribution in [1.29, 1.82) is 0 Å². The number of imidazole rings is 1. The van der Waals surface area contributed by atoms with Crippen LogP contribution < -0.4 is 0 Å². The summed E-state index contributed by atoms with van der Waals surface area (Å²) in [6.07, 6.45) is 0.860. The van der Waals surface area contributed by atoms with Crippen LogP contribution in [0.15, 0.2) is 152 Å². The number of aryl methyl sites for hydroxylation is 1. The van der Waals surface area contributed by atoms with Crippen LogP contribution in [0.25, 0.3) is 93.5 Å². The Bertz CT molecular complexity index is 2640. The van der Waals surface area contributed by atoms with E-state index in [2.05, 4.69) is 163 Å². The van der Waals surface area contributed by atoms with Crippen molar-refractivity contribution < 1.29 is 0 Å². The molecule has 0 N–H and O–H groups in total. The van der Waals surface area contributed by atoms with Crippen molar-refractivity contribution in [1.82, 2.24) is 9.55 Å². The maximum Gasteiger partial charge on any atom is 0.114 e. The molecule has 2 heteroatoms. The zero-order valence-corrected chi connectivity index (χ0v) is 26.0. The molecule has 0 aliphatic heterocycles. The lowest BCUT2D eigenvalue weighted by Gasteiger charge is -2.20. The van der Waals surface area contributed by atoms with E-state index in [1.165, 1.54) is 76.8 Å². The lowest BCUT2D eigenvalue weighted by Crippen LogP contribution is -2.00. The molecule has 8 aromatic carbocycles. The van der Waals surface area contributed by atoms with E-state index in [4.69, 9.17) is 4.98 Å². The lowest BCUT2D eigenvalue weighted by molar-refractivity contribution is 0.908. The fraction of sp³-hybridized carbons (Fsp3) is 0.0444. The molecule has 2 nitrogen and oxygen atoms in total. The van der Waals surface area contributed by atoms with E-state index in [-0.39, 0.29) is 0 Å². The molecule has 0 saturated heterocycles. The Morgan fingerprint density at radius 1 is 0.468 bits per heavy atom. The van der Waals surface area contributed by atoms with Gasteiger partial charge < -0.3 is 0 Å². The summed E-state index contributed by atoms with van der Waals surface area (Å²) in [5, 5.41) is 7.72. The third-order valence-electron chi connectivity index (χ3n) is 10.1. The summed E-state index contributed by atoms with van der Waals surface area (Å²) >= 11 is 0. The molecule has 1 aromatic heterocycles. The quantitative estimate of drug-likeness (QED) is 0.184. The minimum Gasteiger partial charge on any atom is -0.296 e. The highest BCUT2D eigenvalue weighted by atomic mass is 15.1. The molecule has 0 saturated carbocycles. The lowest BCUT2D eigenvalue weighted by atomic mass is 9.84. The van der Waals surface area contributed by atoms with Crippen molar-refractivity contribution in [2.75, 3.05) is 0 Å². The van der Waals surface area contributed by atoms with Crippen LogP contribution >= 0.6 is 0 Å². The highest BCUT2D eigenvalue weighted by Gasteiger charge is 2.24. The van der Waals surface area contributed by atoms with Crippen LogP contribution in [-0.4, -0.2) is 9.55 Å². The van der Waals surface area contributed by atoms with Gasteiger partial charge in [-0.3, -0.25) is 4.57 Å². The highest BCUT2D eigenvalue weighted by Crippen LogP contribution is 2.51. The Labute approximate surface area is 273 Å². The van der Waals surface area contributed by atoms with Gasteiger partial charge in [-0.25, -0.2) is 4.98 Å². The molecule has 0 spiro atoms.